The van der Waals surface area contributed by atoms with Crippen molar-refractivity contribution in [2.45, 2.75) is 25.2 Å². The molecule has 1 aliphatic heterocycles. The zero-order chi connectivity index (χ0) is 19.7. The molecule has 0 amide bonds. The van der Waals surface area contributed by atoms with Crippen LogP contribution in [0.3, 0.4) is 0 Å². The van der Waals surface area contributed by atoms with Gasteiger partial charge in [-0.3, -0.25) is 0 Å². The number of hydrogen-bond acceptors (Lipinski definition) is 3. The van der Waals surface area contributed by atoms with Crippen LogP contribution < -0.4 is 0 Å². The van der Waals surface area contributed by atoms with Gasteiger partial charge in [0.2, 0.25) is 10.0 Å². The summed E-state index contributed by atoms with van der Waals surface area (Å²) in [6.45, 7) is 5.34. The predicted octanol–water partition coefficient (Wildman–Crippen LogP) is 4.21. The van der Waals surface area contributed by atoms with E-state index in [9.17, 15) is 8.42 Å². The van der Waals surface area contributed by atoms with Crippen LogP contribution >= 0.6 is 0 Å². The summed E-state index contributed by atoms with van der Waals surface area (Å²) in [6.07, 6.45) is 2.71. The fraction of sp³-hybridized carbons (Fsp3) is 0.318. The van der Waals surface area contributed by atoms with Crippen molar-refractivity contribution >= 4 is 10.0 Å². The van der Waals surface area contributed by atoms with Crippen molar-refractivity contribution < 1.29 is 8.42 Å². The Balaban J connectivity index is 1.84. The molecule has 2 atom stereocenters. The van der Waals surface area contributed by atoms with Gasteiger partial charge in [0, 0.05) is 18.7 Å². The molecule has 0 aliphatic carbocycles. The number of para-hydroxylation sites is 1. The maximum absolute atomic E-state index is 13.6. The van der Waals surface area contributed by atoms with Crippen LogP contribution in [0.1, 0.15) is 20.3 Å². The van der Waals surface area contributed by atoms with Crippen molar-refractivity contribution in [3.8, 4) is 16.9 Å². The molecule has 6 heteroatoms. The lowest BCUT2D eigenvalue weighted by molar-refractivity contribution is 0.222. The average molecular weight is 396 g/mol. The Kier molecular flexibility index (Phi) is 5.08. The number of benzene rings is 2. The molecule has 2 unspecified atom stereocenters. The summed E-state index contributed by atoms with van der Waals surface area (Å²) in [5.74, 6) is 0.700. The summed E-state index contributed by atoms with van der Waals surface area (Å²) in [4.78, 5) is 0.267. The van der Waals surface area contributed by atoms with E-state index in [4.69, 9.17) is 0 Å². The third-order valence-electron chi connectivity index (χ3n) is 5.20. The summed E-state index contributed by atoms with van der Waals surface area (Å²) in [5, 5.41) is 4.66. The maximum atomic E-state index is 13.6. The fourth-order valence-corrected chi connectivity index (χ4v) is 5.81. The van der Waals surface area contributed by atoms with Gasteiger partial charge in [-0.15, -0.1) is 0 Å². The molecule has 1 saturated heterocycles. The quantitative estimate of drug-likeness (QED) is 0.665. The normalized spacial score (nSPS) is 20.9. The molecule has 2 aromatic carbocycles. The Hall–Kier alpha value is -2.44. The number of rotatable bonds is 4. The zero-order valence-corrected chi connectivity index (χ0v) is 17.0. The third-order valence-corrected chi connectivity index (χ3v) is 7.03. The maximum Gasteiger partial charge on any atom is 0.246 e. The van der Waals surface area contributed by atoms with Gasteiger partial charge < -0.3 is 0 Å². The SMILES string of the molecule is CC1CC(C)CN(S(=O)(=O)c2cn(-c3ccccc3)nc2-c2ccccc2)C1. The second-order valence-corrected chi connectivity index (χ2v) is 9.66. The molecule has 146 valence electrons. The number of hydrogen-bond donors (Lipinski definition) is 0. The largest absolute Gasteiger partial charge is 0.246 e. The van der Waals surface area contributed by atoms with Crippen molar-refractivity contribution in [3.63, 3.8) is 0 Å². The minimum atomic E-state index is -3.64. The number of piperidine rings is 1. The monoisotopic (exact) mass is 395 g/mol. The van der Waals surface area contributed by atoms with Crippen LogP contribution in [0.4, 0.5) is 0 Å². The van der Waals surface area contributed by atoms with E-state index >= 15 is 0 Å². The van der Waals surface area contributed by atoms with E-state index in [1.807, 2.05) is 60.7 Å². The highest BCUT2D eigenvalue weighted by Crippen LogP contribution is 2.32. The van der Waals surface area contributed by atoms with Gasteiger partial charge in [0.15, 0.2) is 0 Å². The van der Waals surface area contributed by atoms with E-state index in [0.29, 0.717) is 30.6 Å². The van der Waals surface area contributed by atoms with Gasteiger partial charge in [0.1, 0.15) is 10.6 Å². The minimum Gasteiger partial charge on any atom is -0.239 e. The lowest BCUT2D eigenvalue weighted by atomic mass is 9.94. The second-order valence-electron chi connectivity index (χ2n) is 7.76. The Morgan fingerprint density at radius 2 is 1.46 bits per heavy atom. The van der Waals surface area contributed by atoms with Crippen molar-refractivity contribution in [2.75, 3.05) is 13.1 Å². The topological polar surface area (TPSA) is 55.2 Å². The van der Waals surface area contributed by atoms with Gasteiger partial charge >= 0.3 is 0 Å². The van der Waals surface area contributed by atoms with E-state index < -0.39 is 10.0 Å². The molecule has 1 aliphatic rings. The second kappa shape index (κ2) is 7.53. The van der Waals surface area contributed by atoms with Crippen LogP contribution in [0, 0.1) is 11.8 Å². The first-order valence-corrected chi connectivity index (χ1v) is 11.1. The molecule has 0 bridgehead atoms. The highest BCUT2D eigenvalue weighted by Gasteiger charge is 2.35. The summed E-state index contributed by atoms with van der Waals surface area (Å²) in [6, 6.07) is 19.1. The molecule has 0 N–H and O–H groups in total. The Morgan fingerprint density at radius 1 is 0.893 bits per heavy atom. The van der Waals surface area contributed by atoms with E-state index in [-0.39, 0.29) is 4.90 Å². The van der Waals surface area contributed by atoms with Crippen LogP contribution in [0.2, 0.25) is 0 Å². The molecule has 4 rings (SSSR count). The molecule has 1 fully saturated rings. The van der Waals surface area contributed by atoms with Crippen molar-refractivity contribution in [1.29, 1.82) is 0 Å². The van der Waals surface area contributed by atoms with E-state index in [0.717, 1.165) is 17.7 Å². The van der Waals surface area contributed by atoms with Crippen molar-refractivity contribution in [3.05, 3.63) is 66.9 Å². The molecular formula is C22H25N3O2S. The number of aromatic nitrogens is 2. The summed E-state index contributed by atoms with van der Waals surface area (Å²) in [7, 11) is -3.64. The summed E-state index contributed by atoms with van der Waals surface area (Å²) in [5.41, 5.74) is 2.13. The van der Waals surface area contributed by atoms with Gasteiger partial charge in [-0.2, -0.15) is 9.40 Å². The summed E-state index contributed by atoms with van der Waals surface area (Å²) >= 11 is 0. The zero-order valence-electron chi connectivity index (χ0n) is 16.2. The highest BCUT2D eigenvalue weighted by molar-refractivity contribution is 7.89. The fourth-order valence-electron chi connectivity index (χ4n) is 4.00. The standard InChI is InChI=1S/C22H25N3O2S/c1-17-13-18(2)15-24(14-17)28(26,27)21-16-25(20-11-7-4-8-12-20)23-22(21)19-9-5-3-6-10-19/h3-12,16-18H,13-15H2,1-2H3. The first-order valence-electron chi connectivity index (χ1n) is 9.66. The lowest BCUT2D eigenvalue weighted by Gasteiger charge is -2.33. The van der Waals surface area contributed by atoms with Gasteiger partial charge in [-0.25, -0.2) is 13.1 Å². The third kappa shape index (κ3) is 3.62. The molecule has 0 spiro atoms. The smallest absolute Gasteiger partial charge is 0.239 e. The van der Waals surface area contributed by atoms with E-state index in [1.165, 1.54) is 0 Å². The van der Waals surface area contributed by atoms with Crippen molar-refractivity contribution in [2.24, 2.45) is 11.8 Å². The number of sulfonamides is 1. The summed E-state index contributed by atoms with van der Waals surface area (Å²) < 4.78 is 30.5. The number of nitrogens with zero attached hydrogens (tertiary/aromatic N) is 3. The molecular weight excluding hydrogens is 370 g/mol. The van der Waals surface area contributed by atoms with Crippen molar-refractivity contribution in [1.82, 2.24) is 14.1 Å². The molecule has 0 saturated carbocycles. The van der Waals surface area contributed by atoms with Gasteiger partial charge in [0.25, 0.3) is 0 Å². The van der Waals surface area contributed by atoms with Crippen LogP contribution in [-0.2, 0) is 10.0 Å². The van der Waals surface area contributed by atoms with Crippen LogP contribution in [-0.4, -0.2) is 35.6 Å². The van der Waals surface area contributed by atoms with Gasteiger partial charge in [-0.05, 0) is 30.4 Å². The van der Waals surface area contributed by atoms with Crippen LogP contribution in [0.5, 0.6) is 0 Å². The van der Waals surface area contributed by atoms with E-state index in [2.05, 4.69) is 18.9 Å². The Bertz CT molecular complexity index is 1040. The van der Waals surface area contributed by atoms with Gasteiger partial charge in [-0.1, -0.05) is 62.4 Å². The first-order chi connectivity index (χ1) is 13.4. The molecule has 5 nitrogen and oxygen atoms in total. The van der Waals surface area contributed by atoms with Crippen LogP contribution in [0.25, 0.3) is 16.9 Å². The molecule has 1 aromatic heterocycles. The molecule has 28 heavy (non-hydrogen) atoms. The minimum absolute atomic E-state index is 0.267. The van der Waals surface area contributed by atoms with Crippen LogP contribution in [0.15, 0.2) is 71.8 Å². The Labute approximate surface area is 166 Å². The lowest BCUT2D eigenvalue weighted by Crippen LogP contribution is -2.42. The molecule has 2 heterocycles. The molecule has 0 radical (unpaired) electrons. The van der Waals surface area contributed by atoms with E-state index in [1.54, 1.807) is 15.2 Å². The van der Waals surface area contributed by atoms with Gasteiger partial charge in [0.05, 0.1) is 11.9 Å². The predicted molar refractivity (Wildman–Crippen MR) is 111 cm³/mol. The highest BCUT2D eigenvalue weighted by atomic mass is 32.2. The first kappa shape index (κ1) is 18.9. The average Bonchev–Trinajstić information content (AvgIpc) is 3.15. The Morgan fingerprint density at radius 3 is 2.07 bits per heavy atom. The molecule has 3 aromatic rings.